The Hall–Kier alpha value is -2.78. The molecule has 1 aliphatic heterocycles. The van der Waals surface area contributed by atoms with Gasteiger partial charge < -0.3 is 30.9 Å². The van der Waals surface area contributed by atoms with E-state index in [2.05, 4.69) is 51.1 Å². The van der Waals surface area contributed by atoms with Crippen molar-refractivity contribution in [3.8, 4) is 11.8 Å². The van der Waals surface area contributed by atoms with Crippen LogP contribution in [0, 0.1) is 23.7 Å². The molecule has 11 heteroatoms. The number of nitrogens with two attached hydrogens (primary N) is 1. The van der Waals surface area contributed by atoms with Crippen LogP contribution in [0.5, 0.6) is 0 Å². The summed E-state index contributed by atoms with van der Waals surface area (Å²) in [7, 11) is 4.24. The standard InChI is InChI=1S/C24H35N7O4/c1-4-26-23(34)20-18(32)19(33)24(35-20)31-13-27-17-21(25)28-16(29-22(17)31)7-5-6-14-8-10-15(11-9-14)12-30(2)3/h13-15,18-20,24,32-33H,4,6,8-12H2,1-3H3,(H,26,34)(H2,25,28,29)/t14?,15?,18?,19-,20-,24+/m0/s1. The van der Waals surface area contributed by atoms with Crippen LogP contribution in [-0.2, 0) is 9.53 Å². The largest absolute Gasteiger partial charge is 0.387 e. The van der Waals surface area contributed by atoms with Gasteiger partial charge in [-0.1, -0.05) is 5.92 Å². The van der Waals surface area contributed by atoms with Gasteiger partial charge >= 0.3 is 0 Å². The molecule has 35 heavy (non-hydrogen) atoms. The number of rotatable bonds is 6. The summed E-state index contributed by atoms with van der Waals surface area (Å²) in [6, 6.07) is 0. The Morgan fingerprint density at radius 2 is 1.94 bits per heavy atom. The van der Waals surface area contributed by atoms with Gasteiger partial charge in [-0.05, 0) is 64.5 Å². The maximum absolute atomic E-state index is 12.2. The monoisotopic (exact) mass is 485 g/mol. The zero-order chi connectivity index (χ0) is 25.1. The number of imidazole rings is 1. The number of aliphatic hydroxyl groups is 2. The summed E-state index contributed by atoms with van der Waals surface area (Å²) in [5, 5.41) is 23.5. The predicted octanol–water partition coefficient (Wildman–Crippen LogP) is 0.273. The zero-order valence-electron chi connectivity index (χ0n) is 20.5. The summed E-state index contributed by atoms with van der Waals surface area (Å²) in [6.45, 7) is 3.28. The number of ether oxygens (including phenoxy) is 1. The number of nitrogen functional groups attached to an aromatic ring is 1. The van der Waals surface area contributed by atoms with E-state index in [1.807, 2.05) is 0 Å². The van der Waals surface area contributed by atoms with E-state index in [4.69, 9.17) is 10.5 Å². The van der Waals surface area contributed by atoms with Crippen molar-refractivity contribution in [1.29, 1.82) is 0 Å². The average Bonchev–Trinajstić information content (AvgIpc) is 3.36. The van der Waals surface area contributed by atoms with Crippen LogP contribution in [0.25, 0.3) is 11.2 Å². The number of hydrogen-bond acceptors (Lipinski definition) is 9. The highest BCUT2D eigenvalue weighted by molar-refractivity contribution is 5.83. The number of aromatic nitrogens is 4. The van der Waals surface area contributed by atoms with Gasteiger partial charge in [0.05, 0.1) is 6.33 Å². The molecule has 2 aromatic heterocycles. The molecule has 1 saturated carbocycles. The lowest BCUT2D eigenvalue weighted by Crippen LogP contribution is -2.42. The highest BCUT2D eigenvalue weighted by Crippen LogP contribution is 2.33. The van der Waals surface area contributed by atoms with Crippen LogP contribution in [0.15, 0.2) is 6.33 Å². The average molecular weight is 486 g/mol. The van der Waals surface area contributed by atoms with Crippen LogP contribution in [-0.4, -0.2) is 86.0 Å². The normalized spacial score (nSPS) is 28.7. The SMILES string of the molecule is CCNC(=O)[C@H]1O[C@@H](n2cnc3c(N)nc(C#CCC4CCC(CN(C)C)CC4)nc32)[C@@H](O)C1O. The van der Waals surface area contributed by atoms with Gasteiger partial charge in [-0.15, -0.1) is 0 Å². The molecule has 0 bridgehead atoms. The molecule has 1 aliphatic carbocycles. The van der Waals surface area contributed by atoms with E-state index in [1.165, 1.54) is 36.6 Å². The number of carbonyl (C=O) groups is 1. The fraction of sp³-hybridized carbons (Fsp3) is 0.667. The number of carbonyl (C=O) groups excluding carboxylic acids is 1. The molecule has 2 aliphatic rings. The number of anilines is 1. The first kappa shape index (κ1) is 25.3. The first-order valence-electron chi connectivity index (χ1n) is 12.2. The highest BCUT2D eigenvalue weighted by atomic mass is 16.6. The second-order valence-corrected chi connectivity index (χ2v) is 9.73. The second-order valence-electron chi connectivity index (χ2n) is 9.73. The molecule has 4 rings (SSSR count). The van der Waals surface area contributed by atoms with Gasteiger partial charge in [0.15, 0.2) is 23.8 Å². The molecule has 1 unspecified atom stereocenters. The predicted molar refractivity (Wildman–Crippen MR) is 130 cm³/mol. The minimum absolute atomic E-state index is 0.163. The molecule has 0 spiro atoms. The first-order chi connectivity index (χ1) is 16.8. The Bertz CT molecular complexity index is 1100. The van der Waals surface area contributed by atoms with Gasteiger partial charge in [-0.2, -0.15) is 0 Å². The van der Waals surface area contributed by atoms with Crippen LogP contribution in [0.1, 0.15) is 51.1 Å². The van der Waals surface area contributed by atoms with Gasteiger partial charge in [0.1, 0.15) is 17.7 Å². The maximum Gasteiger partial charge on any atom is 0.252 e. The van der Waals surface area contributed by atoms with Crippen molar-refractivity contribution in [3.05, 3.63) is 12.2 Å². The summed E-state index contributed by atoms with van der Waals surface area (Å²) in [5.74, 6) is 7.48. The number of nitrogens with zero attached hydrogens (tertiary/aromatic N) is 5. The summed E-state index contributed by atoms with van der Waals surface area (Å²) < 4.78 is 7.15. The van der Waals surface area contributed by atoms with Crippen molar-refractivity contribution in [2.75, 3.05) is 32.9 Å². The number of aliphatic hydroxyl groups excluding tert-OH is 2. The number of hydrogen-bond donors (Lipinski definition) is 4. The van der Waals surface area contributed by atoms with Crippen molar-refractivity contribution < 1.29 is 19.7 Å². The summed E-state index contributed by atoms with van der Waals surface area (Å²) >= 11 is 0. The van der Waals surface area contributed by atoms with E-state index in [1.54, 1.807) is 6.92 Å². The van der Waals surface area contributed by atoms with E-state index >= 15 is 0 Å². The van der Waals surface area contributed by atoms with E-state index in [0.29, 0.717) is 23.6 Å². The fourth-order valence-electron chi connectivity index (χ4n) is 4.97. The zero-order valence-corrected chi connectivity index (χ0v) is 20.5. The molecular weight excluding hydrogens is 450 g/mol. The van der Waals surface area contributed by atoms with Gasteiger partial charge in [0.2, 0.25) is 5.82 Å². The number of amides is 1. The van der Waals surface area contributed by atoms with E-state index in [9.17, 15) is 15.0 Å². The summed E-state index contributed by atoms with van der Waals surface area (Å²) in [6.07, 6.45) is 1.97. The third-order valence-electron chi connectivity index (χ3n) is 6.75. The fourth-order valence-corrected chi connectivity index (χ4v) is 4.97. The lowest BCUT2D eigenvalue weighted by atomic mass is 9.80. The smallest absolute Gasteiger partial charge is 0.252 e. The van der Waals surface area contributed by atoms with Crippen LogP contribution in [0.3, 0.4) is 0 Å². The molecule has 0 radical (unpaired) electrons. The van der Waals surface area contributed by atoms with Gasteiger partial charge in [-0.25, -0.2) is 15.0 Å². The molecule has 11 nitrogen and oxygen atoms in total. The Morgan fingerprint density at radius 1 is 1.23 bits per heavy atom. The summed E-state index contributed by atoms with van der Waals surface area (Å²) in [5.41, 5.74) is 6.75. The molecule has 2 aromatic rings. The Balaban J connectivity index is 1.48. The maximum atomic E-state index is 12.2. The van der Waals surface area contributed by atoms with Crippen molar-refractivity contribution in [2.45, 2.75) is 63.6 Å². The lowest BCUT2D eigenvalue weighted by Gasteiger charge is -2.29. The molecule has 4 atom stereocenters. The minimum atomic E-state index is -1.39. The molecule has 5 N–H and O–H groups in total. The highest BCUT2D eigenvalue weighted by Gasteiger charge is 2.47. The molecule has 1 amide bonds. The number of nitrogens with one attached hydrogen (secondary N) is 1. The van der Waals surface area contributed by atoms with Crippen molar-refractivity contribution in [2.24, 2.45) is 11.8 Å². The van der Waals surface area contributed by atoms with Gasteiger partial charge in [0.25, 0.3) is 5.91 Å². The van der Waals surface area contributed by atoms with Crippen LogP contribution < -0.4 is 11.1 Å². The first-order valence-corrected chi connectivity index (χ1v) is 12.2. The van der Waals surface area contributed by atoms with Crippen LogP contribution in [0.2, 0.25) is 0 Å². The Labute approximate surface area is 205 Å². The lowest BCUT2D eigenvalue weighted by molar-refractivity contribution is -0.137. The Kier molecular flexibility index (Phi) is 7.86. The van der Waals surface area contributed by atoms with Crippen molar-refractivity contribution in [1.82, 2.24) is 29.7 Å². The topological polar surface area (TPSA) is 152 Å². The molecule has 0 aromatic carbocycles. The van der Waals surface area contributed by atoms with Gasteiger partial charge in [0, 0.05) is 19.5 Å². The minimum Gasteiger partial charge on any atom is -0.387 e. The van der Waals surface area contributed by atoms with Crippen molar-refractivity contribution in [3.63, 3.8) is 0 Å². The number of likely N-dealkylation sites (N-methyl/N-ethyl adjacent to an activating group) is 1. The van der Waals surface area contributed by atoms with Crippen LogP contribution in [0.4, 0.5) is 5.82 Å². The second kappa shape index (κ2) is 10.9. The van der Waals surface area contributed by atoms with E-state index in [-0.39, 0.29) is 11.6 Å². The van der Waals surface area contributed by atoms with Crippen molar-refractivity contribution >= 4 is 22.9 Å². The summed E-state index contributed by atoms with van der Waals surface area (Å²) in [4.78, 5) is 27.5. The molecule has 3 heterocycles. The molecule has 190 valence electrons. The van der Waals surface area contributed by atoms with Crippen LogP contribution >= 0.6 is 0 Å². The van der Waals surface area contributed by atoms with Gasteiger partial charge in [-0.3, -0.25) is 9.36 Å². The molecule has 1 saturated heterocycles. The van der Waals surface area contributed by atoms with E-state index in [0.717, 1.165) is 18.9 Å². The molecular formula is C24H35N7O4. The third kappa shape index (κ3) is 5.56. The van der Waals surface area contributed by atoms with E-state index < -0.39 is 30.4 Å². The Morgan fingerprint density at radius 3 is 2.63 bits per heavy atom. The number of fused-ring (bicyclic) bond motifs is 1. The third-order valence-corrected chi connectivity index (χ3v) is 6.75. The quantitative estimate of drug-likeness (QED) is 0.423. The molecule has 2 fully saturated rings.